The molecule has 4 heteroatoms. The van der Waals surface area contributed by atoms with Crippen LogP contribution in [0.25, 0.3) is 0 Å². The molecular weight excluding hydrogens is 132 g/mol. The molecule has 4 nitrogen and oxygen atoms in total. The van der Waals surface area contributed by atoms with Crippen LogP contribution in [-0.2, 0) is 9.63 Å². The second-order valence-corrected chi connectivity index (χ2v) is 2.27. The Bertz CT molecular complexity index is 152. The topological polar surface area (TPSA) is 78.3 Å². The van der Waals surface area contributed by atoms with E-state index in [4.69, 9.17) is 5.73 Å². The maximum absolute atomic E-state index is 10.5. The van der Waals surface area contributed by atoms with Gasteiger partial charge in [-0.15, -0.1) is 0 Å². The van der Waals surface area contributed by atoms with Crippen molar-refractivity contribution >= 4 is 5.97 Å². The lowest BCUT2D eigenvalue weighted by Crippen LogP contribution is -2.18. The standard InChI is InChI=1S/C6H12N2O2/c1-4(2)3-5(7)6(9)10-8/h3-4H,7-8H2,1-2H3/b5-3-. The second kappa shape index (κ2) is 3.90. The quantitative estimate of drug-likeness (QED) is 0.419. The van der Waals surface area contributed by atoms with Crippen LogP contribution in [-0.4, -0.2) is 5.97 Å². The number of rotatable bonds is 2. The van der Waals surface area contributed by atoms with Gasteiger partial charge < -0.3 is 10.6 Å². The van der Waals surface area contributed by atoms with Crippen LogP contribution in [0.4, 0.5) is 0 Å². The van der Waals surface area contributed by atoms with Crippen LogP contribution in [0.5, 0.6) is 0 Å². The first-order valence-corrected chi connectivity index (χ1v) is 2.96. The van der Waals surface area contributed by atoms with Gasteiger partial charge in [-0.25, -0.2) is 4.79 Å². The molecule has 0 saturated carbocycles. The van der Waals surface area contributed by atoms with Crippen LogP contribution in [0.2, 0.25) is 0 Å². The zero-order chi connectivity index (χ0) is 8.15. The summed E-state index contributed by atoms with van der Waals surface area (Å²) in [6, 6.07) is 0. The predicted molar refractivity (Wildman–Crippen MR) is 37.4 cm³/mol. The van der Waals surface area contributed by atoms with Crippen LogP contribution in [0, 0.1) is 5.92 Å². The Hall–Kier alpha value is -1.03. The van der Waals surface area contributed by atoms with Gasteiger partial charge >= 0.3 is 5.97 Å². The molecule has 0 bridgehead atoms. The summed E-state index contributed by atoms with van der Waals surface area (Å²) in [6.45, 7) is 3.80. The molecule has 10 heavy (non-hydrogen) atoms. The molecule has 0 aromatic carbocycles. The first-order chi connectivity index (χ1) is 4.57. The number of carbonyl (C=O) groups excluding carboxylic acids is 1. The monoisotopic (exact) mass is 144 g/mol. The normalized spacial score (nSPS) is 11.8. The molecule has 0 unspecified atom stereocenters. The molecule has 0 aliphatic heterocycles. The van der Waals surface area contributed by atoms with E-state index in [1.54, 1.807) is 6.08 Å². The minimum absolute atomic E-state index is 0.0532. The molecule has 0 aliphatic rings. The Morgan fingerprint density at radius 3 is 2.40 bits per heavy atom. The average Bonchev–Trinajstić information content (AvgIpc) is 1.85. The number of hydrogen-bond acceptors (Lipinski definition) is 4. The molecule has 0 heterocycles. The van der Waals surface area contributed by atoms with Crippen molar-refractivity contribution in [1.29, 1.82) is 0 Å². The molecule has 0 spiro atoms. The summed E-state index contributed by atoms with van der Waals surface area (Å²) in [6.07, 6.45) is 1.58. The summed E-state index contributed by atoms with van der Waals surface area (Å²) in [5, 5.41) is 0. The molecule has 0 radical (unpaired) electrons. The number of nitrogens with two attached hydrogens (primary N) is 2. The highest BCUT2D eigenvalue weighted by Gasteiger charge is 2.04. The molecule has 0 fully saturated rings. The van der Waals surface area contributed by atoms with Crippen molar-refractivity contribution < 1.29 is 9.63 Å². The Balaban J connectivity index is 4.05. The Kier molecular flexibility index (Phi) is 3.49. The van der Waals surface area contributed by atoms with Crippen LogP contribution >= 0.6 is 0 Å². The van der Waals surface area contributed by atoms with Crippen molar-refractivity contribution in [3.8, 4) is 0 Å². The molecule has 0 aromatic rings. The van der Waals surface area contributed by atoms with Crippen molar-refractivity contribution in [2.24, 2.45) is 17.5 Å². The van der Waals surface area contributed by atoms with Gasteiger partial charge in [-0.3, -0.25) is 0 Å². The van der Waals surface area contributed by atoms with Gasteiger partial charge in [0.1, 0.15) is 5.70 Å². The van der Waals surface area contributed by atoms with Crippen molar-refractivity contribution in [3.05, 3.63) is 11.8 Å². The summed E-state index contributed by atoms with van der Waals surface area (Å²) in [7, 11) is 0. The van der Waals surface area contributed by atoms with Crippen molar-refractivity contribution in [3.63, 3.8) is 0 Å². The van der Waals surface area contributed by atoms with E-state index in [0.717, 1.165) is 0 Å². The molecule has 0 rings (SSSR count). The Morgan fingerprint density at radius 2 is 2.10 bits per heavy atom. The highest BCUT2D eigenvalue weighted by Crippen LogP contribution is 1.97. The lowest BCUT2D eigenvalue weighted by molar-refractivity contribution is -0.139. The summed E-state index contributed by atoms with van der Waals surface area (Å²) >= 11 is 0. The maximum atomic E-state index is 10.5. The minimum atomic E-state index is -0.686. The third-order valence-electron chi connectivity index (χ3n) is 0.856. The molecule has 58 valence electrons. The highest BCUT2D eigenvalue weighted by atomic mass is 16.7. The molecule has 0 aromatic heterocycles. The number of allylic oxidation sites excluding steroid dienone is 1. The van der Waals surface area contributed by atoms with Crippen LogP contribution in [0.3, 0.4) is 0 Å². The van der Waals surface area contributed by atoms with E-state index >= 15 is 0 Å². The molecule has 0 atom stereocenters. The first kappa shape index (κ1) is 8.97. The fraction of sp³-hybridized carbons (Fsp3) is 0.500. The van der Waals surface area contributed by atoms with E-state index in [0.29, 0.717) is 0 Å². The van der Waals surface area contributed by atoms with Gasteiger partial charge in [0.05, 0.1) is 0 Å². The number of hydrogen-bond donors (Lipinski definition) is 2. The van der Waals surface area contributed by atoms with Gasteiger partial charge in [0, 0.05) is 0 Å². The maximum Gasteiger partial charge on any atom is 0.372 e. The SMILES string of the molecule is CC(C)/C=C(\N)C(=O)ON. The van der Waals surface area contributed by atoms with Gasteiger partial charge in [0.2, 0.25) is 0 Å². The fourth-order valence-corrected chi connectivity index (χ4v) is 0.495. The lowest BCUT2D eigenvalue weighted by atomic mass is 10.2. The van der Waals surface area contributed by atoms with E-state index < -0.39 is 5.97 Å². The Morgan fingerprint density at radius 1 is 1.60 bits per heavy atom. The summed E-state index contributed by atoms with van der Waals surface area (Å²) in [5.74, 6) is 4.11. The molecule has 0 amide bonds. The summed E-state index contributed by atoms with van der Waals surface area (Å²) in [5.41, 5.74) is 5.29. The molecule has 0 saturated heterocycles. The summed E-state index contributed by atoms with van der Waals surface area (Å²) < 4.78 is 0. The molecule has 0 aliphatic carbocycles. The lowest BCUT2D eigenvalue weighted by Gasteiger charge is -1.98. The van der Waals surface area contributed by atoms with Gasteiger partial charge in [-0.2, -0.15) is 5.90 Å². The van der Waals surface area contributed by atoms with Gasteiger partial charge in [-0.1, -0.05) is 19.9 Å². The largest absolute Gasteiger partial charge is 0.393 e. The zero-order valence-electron chi connectivity index (χ0n) is 6.13. The van der Waals surface area contributed by atoms with Gasteiger partial charge in [-0.05, 0) is 5.92 Å². The third-order valence-corrected chi connectivity index (χ3v) is 0.856. The van der Waals surface area contributed by atoms with E-state index in [-0.39, 0.29) is 11.6 Å². The van der Waals surface area contributed by atoms with Crippen molar-refractivity contribution in [1.82, 2.24) is 0 Å². The second-order valence-electron chi connectivity index (χ2n) is 2.27. The van der Waals surface area contributed by atoms with Crippen molar-refractivity contribution in [2.45, 2.75) is 13.8 Å². The van der Waals surface area contributed by atoms with Gasteiger partial charge in [0.25, 0.3) is 0 Å². The molecule has 4 N–H and O–H groups in total. The van der Waals surface area contributed by atoms with E-state index in [1.807, 2.05) is 13.8 Å². The first-order valence-electron chi connectivity index (χ1n) is 2.96. The average molecular weight is 144 g/mol. The van der Waals surface area contributed by atoms with E-state index in [1.165, 1.54) is 0 Å². The number of carbonyl (C=O) groups is 1. The minimum Gasteiger partial charge on any atom is -0.393 e. The third kappa shape index (κ3) is 3.09. The zero-order valence-corrected chi connectivity index (χ0v) is 6.13. The predicted octanol–water partition coefficient (Wildman–Crippen LogP) is -0.0981. The van der Waals surface area contributed by atoms with Gasteiger partial charge in [0.15, 0.2) is 0 Å². The van der Waals surface area contributed by atoms with Crippen LogP contribution < -0.4 is 11.6 Å². The fourth-order valence-electron chi connectivity index (χ4n) is 0.495. The van der Waals surface area contributed by atoms with Crippen LogP contribution in [0.1, 0.15) is 13.8 Å². The Labute approximate surface area is 59.8 Å². The van der Waals surface area contributed by atoms with E-state index in [9.17, 15) is 4.79 Å². The highest BCUT2D eigenvalue weighted by molar-refractivity contribution is 5.86. The molecular formula is C6H12N2O2. The van der Waals surface area contributed by atoms with E-state index in [2.05, 4.69) is 10.7 Å². The van der Waals surface area contributed by atoms with Crippen LogP contribution in [0.15, 0.2) is 11.8 Å². The van der Waals surface area contributed by atoms with Crippen molar-refractivity contribution in [2.75, 3.05) is 0 Å². The smallest absolute Gasteiger partial charge is 0.372 e. The summed E-state index contributed by atoms with van der Waals surface area (Å²) in [4.78, 5) is 14.4.